The summed E-state index contributed by atoms with van der Waals surface area (Å²) in [6, 6.07) is 9.60. The van der Waals surface area contributed by atoms with Gasteiger partial charge in [0.1, 0.15) is 0 Å². The van der Waals surface area contributed by atoms with Crippen molar-refractivity contribution in [1.82, 2.24) is 4.90 Å². The molecule has 0 saturated heterocycles. The van der Waals surface area contributed by atoms with Gasteiger partial charge >= 0.3 is 6.09 Å². The summed E-state index contributed by atoms with van der Waals surface area (Å²) in [6.07, 6.45) is 0.759. The lowest BCUT2D eigenvalue weighted by atomic mass is 9.93. The van der Waals surface area contributed by atoms with E-state index in [9.17, 15) is 9.90 Å². The minimum absolute atomic E-state index is 0.333. The number of carboxylic acid groups (broad SMARTS) is 1. The molecule has 0 aromatic heterocycles. The van der Waals surface area contributed by atoms with Gasteiger partial charge < -0.3 is 10.8 Å². The minimum atomic E-state index is -0.916. The van der Waals surface area contributed by atoms with Crippen molar-refractivity contribution < 1.29 is 9.90 Å². The van der Waals surface area contributed by atoms with Crippen LogP contribution in [-0.4, -0.2) is 28.2 Å². The van der Waals surface area contributed by atoms with Crippen molar-refractivity contribution in [2.45, 2.75) is 38.8 Å². The highest BCUT2D eigenvalue weighted by Crippen LogP contribution is 2.23. The summed E-state index contributed by atoms with van der Waals surface area (Å²) in [5.74, 6) is 0. The number of nitrogens with zero attached hydrogens (tertiary/aromatic N) is 1. The Bertz CT molecular complexity index is 381. The third-order valence-corrected chi connectivity index (χ3v) is 3.29. The second kappa shape index (κ2) is 6.40. The van der Waals surface area contributed by atoms with Crippen molar-refractivity contribution in [1.29, 1.82) is 0 Å². The lowest BCUT2D eigenvalue weighted by Gasteiger charge is -2.38. The number of hydrogen-bond donors (Lipinski definition) is 2. The van der Waals surface area contributed by atoms with Crippen LogP contribution in [0.2, 0.25) is 0 Å². The van der Waals surface area contributed by atoms with E-state index in [-0.39, 0.29) is 0 Å². The molecule has 1 atom stereocenters. The molecule has 4 heteroatoms. The molecular formula is C14H22N2O2. The predicted octanol–water partition coefficient (Wildman–Crippen LogP) is 2.68. The third kappa shape index (κ3) is 3.47. The molecule has 1 aromatic rings. The van der Waals surface area contributed by atoms with Crippen LogP contribution in [0.1, 0.15) is 32.3 Å². The van der Waals surface area contributed by atoms with Crippen LogP contribution >= 0.6 is 0 Å². The second-order valence-electron chi connectivity index (χ2n) is 4.81. The van der Waals surface area contributed by atoms with Gasteiger partial charge in [0.05, 0.1) is 5.54 Å². The largest absolute Gasteiger partial charge is 0.465 e. The third-order valence-electron chi connectivity index (χ3n) is 3.29. The van der Waals surface area contributed by atoms with E-state index in [1.807, 2.05) is 44.2 Å². The summed E-state index contributed by atoms with van der Waals surface area (Å²) in [5, 5.41) is 9.40. The number of benzene rings is 1. The van der Waals surface area contributed by atoms with E-state index < -0.39 is 11.6 Å². The predicted molar refractivity (Wildman–Crippen MR) is 72.4 cm³/mol. The van der Waals surface area contributed by atoms with Crippen LogP contribution in [0, 0.1) is 0 Å². The standard InChI is InChI=1S/C14H22N2O2/c1-3-9-14(2,11-15)16(13(17)18)10-12-7-5-4-6-8-12/h4-8H,3,9-11,15H2,1-2H3,(H,17,18). The van der Waals surface area contributed by atoms with E-state index in [4.69, 9.17) is 5.73 Å². The highest BCUT2D eigenvalue weighted by molar-refractivity contribution is 5.66. The average Bonchev–Trinajstić information content (AvgIpc) is 2.37. The lowest BCUT2D eigenvalue weighted by molar-refractivity contribution is 0.0767. The van der Waals surface area contributed by atoms with Crippen LogP contribution in [0.5, 0.6) is 0 Å². The fourth-order valence-electron chi connectivity index (χ4n) is 2.14. The Kier molecular flexibility index (Phi) is 5.16. The Hall–Kier alpha value is -1.55. The van der Waals surface area contributed by atoms with Gasteiger partial charge in [-0.05, 0) is 18.9 Å². The Morgan fingerprint density at radius 1 is 1.39 bits per heavy atom. The van der Waals surface area contributed by atoms with E-state index in [1.54, 1.807) is 0 Å². The van der Waals surface area contributed by atoms with Gasteiger partial charge in [-0.15, -0.1) is 0 Å². The summed E-state index contributed by atoms with van der Waals surface area (Å²) < 4.78 is 0. The first-order chi connectivity index (χ1) is 8.53. The molecule has 1 unspecified atom stereocenters. The van der Waals surface area contributed by atoms with Crippen molar-refractivity contribution in [3.8, 4) is 0 Å². The Balaban J connectivity index is 2.92. The van der Waals surface area contributed by atoms with Gasteiger partial charge in [-0.3, -0.25) is 4.90 Å². The molecule has 1 aromatic carbocycles. The average molecular weight is 250 g/mol. The molecule has 0 bridgehead atoms. The zero-order chi connectivity index (χ0) is 13.6. The Morgan fingerprint density at radius 3 is 2.44 bits per heavy atom. The van der Waals surface area contributed by atoms with Gasteiger partial charge in [0.25, 0.3) is 0 Å². The van der Waals surface area contributed by atoms with Crippen molar-refractivity contribution in [3.63, 3.8) is 0 Å². The number of nitrogens with two attached hydrogens (primary N) is 1. The van der Waals surface area contributed by atoms with Crippen LogP contribution in [0.3, 0.4) is 0 Å². The maximum Gasteiger partial charge on any atom is 0.408 e. The van der Waals surface area contributed by atoms with Gasteiger partial charge in [0.2, 0.25) is 0 Å². The molecule has 0 fully saturated rings. The molecule has 0 aliphatic carbocycles. The van der Waals surface area contributed by atoms with Gasteiger partial charge in [-0.2, -0.15) is 0 Å². The van der Waals surface area contributed by atoms with Crippen molar-refractivity contribution in [3.05, 3.63) is 35.9 Å². The fourth-order valence-corrected chi connectivity index (χ4v) is 2.14. The van der Waals surface area contributed by atoms with E-state index in [2.05, 4.69) is 0 Å². The molecule has 0 aliphatic heterocycles. The van der Waals surface area contributed by atoms with Crippen LogP contribution in [0.25, 0.3) is 0 Å². The van der Waals surface area contributed by atoms with Gasteiger partial charge in [-0.1, -0.05) is 43.7 Å². The first kappa shape index (κ1) is 14.5. The number of amides is 1. The summed E-state index contributed by atoms with van der Waals surface area (Å²) in [6.45, 7) is 4.66. The molecule has 18 heavy (non-hydrogen) atoms. The first-order valence-corrected chi connectivity index (χ1v) is 6.28. The molecule has 1 rings (SSSR count). The number of carbonyl (C=O) groups is 1. The molecule has 100 valence electrons. The van der Waals surface area contributed by atoms with E-state index in [1.165, 1.54) is 4.90 Å². The highest BCUT2D eigenvalue weighted by Gasteiger charge is 2.33. The van der Waals surface area contributed by atoms with E-state index in [0.717, 1.165) is 18.4 Å². The second-order valence-corrected chi connectivity index (χ2v) is 4.81. The summed E-state index contributed by atoms with van der Waals surface area (Å²) in [7, 11) is 0. The summed E-state index contributed by atoms with van der Waals surface area (Å²) in [5.41, 5.74) is 6.26. The molecule has 3 N–H and O–H groups in total. The maximum absolute atomic E-state index is 11.5. The van der Waals surface area contributed by atoms with E-state index >= 15 is 0 Å². The Labute approximate surface area is 108 Å². The molecule has 0 saturated carbocycles. The van der Waals surface area contributed by atoms with Gasteiger partial charge in [0, 0.05) is 13.1 Å². The van der Waals surface area contributed by atoms with Crippen LogP contribution in [-0.2, 0) is 6.54 Å². The smallest absolute Gasteiger partial charge is 0.408 e. The SMILES string of the molecule is CCCC(C)(CN)N(Cc1ccccc1)C(=O)O. The van der Waals surface area contributed by atoms with Crippen molar-refractivity contribution in [2.75, 3.05) is 6.54 Å². The lowest BCUT2D eigenvalue weighted by Crippen LogP contribution is -2.53. The molecule has 1 amide bonds. The van der Waals surface area contributed by atoms with Crippen LogP contribution in [0.4, 0.5) is 4.79 Å². The minimum Gasteiger partial charge on any atom is -0.465 e. The zero-order valence-corrected chi connectivity index (χ0v) is 11.1. The van der Waals surface area contributed by atoms with Crippen molar-refractivity contribution in [2.24, 2.45) is 5.73 Å². The first-order valence-electron chi connectivity index (χ1n) is 6.28. The quantitative estimate of drug-likeness (QED) is 0.815. The molecular weight excluding hydrogens is 228 g/mol. The van der Waals surface area contributed by atoms with Crippen LogP contribution < -0.4 is 5.73 Å². The normalized spacial score (nSPS) is 13.9. The monoisotopic (exact) mass is 250 g/mol. The number of rotatable bonds is 6. The molecule has 0 spiro atoms. The zero-order valence-electron chi connectivity index (χ0n) is 11.1. The van der Waals surface area contributed by atoms with Crippen molar-refractivity contribution >= 4 is 6.09 Å². The van der Waals surface area contributed by atoms with Gasteiger partial charge in [-0.25, -0.2) is 4.79 Å². The maximum atomic E-state index is 11.5. The van der Waals surface area contributed by atoms with E-state index in [0.29, 0.717) is 13.1 Å². The molecule has 4 nitrogen and oxygen atoms in total. The summed E-state index contributed by atoms with van der Waals surface area (Å²) >= 11 is 0. The van der Waals surface area contributed by atoms with Gasteiger partial charge in [0.15, 0.2) is 0 Å². The molecule has 0 radical (unpaired) electrons. The Morgan fingerprint density at radius 2 is 2.00 bits per heavy atom. The highest BCUT2D eigenvalue weighted by atomic mass is 16.4. The molecule has 0 heterocycles. The summed E-state index contributed by atoms with van der Waals surface area (Å²) in [4.78, 5) is 12.9. The number of hydrogen-bond acceptors (Lipinski definition) is 2. The topological polar surface area (TPSA) is 66.6 Å². The van der Waals surface area contributed by atoms with Crippen LogP contribution in [0.15, 0.2) is 30.3 Å². The molecule has 0 aliphatic rings. The fraction of sp³-hybridized carbons (Fsp3) is 0.500.